The fraction of sp³-hybridized carbons (Fsp3) is 0.389. The van der Waals surface area contributed by atoms with Gasteiger partial charge in [0.05, 0.1) is 0 Å². The Bertz CT molecular complexity index is 635. The molecule has 4 nitrogen and oxygen atoms in total. The summed E-state index contributed by atoms with van der Waals surface area (Å²) in [6, 6.07) is 12.3. The van der Waals surface area contributed by atoms with E-state index in [1.54, 1.807) is 11.8 Å². The summed E-state index contributed by atoms with van der Waals surface area (Å²) in [6.45, 7) is 4.55. The van der Waals surface area contributed by atoms with Gasteiger partial charge in [0.15, 0.2) is 0 Å². The predicted octanol–water partition coefficient (Wildman–Crippen LogP) is 3.86. The van der Waals surface area contributed by atoms with Crippen LogP contribution < -0.4 is 5.32 Å². The first-order valence-electron chi connectivity index (χ1n) is 8.19. The van der Waals surface area contributed by atoms with Crippen molar-refractivity contribution in [3.63, 3.8) is 0 Å². The standard InChI is InChI=1S/C18H23N3OS2/c1-23-16-6-4-15(5-7-16)19-18(22)21-12-10-20(11-13-21)9-8-17-3-2-14-24-17/h2-7,14H,8-13H2,1H3,(H,19,22). The van der Waals surface area contributed by atoms with Crippen LogP contribution in [0, 0.1) is 0 Å². The van der Waals surface area contributed by atoms with Crippen LogP contribution in [0.2, 0.25) is 0 Å². The maximum absolute atomic E-state index is 12.4. The van der Waals surface area contributed by atoms with E-state index in [9.17, 15) is 4.79 Å². The fourth-order valence-corrected chi connectivity index (χ4v) is 3.88. The number of benzene rings is 1. The van der Waals surface area contributed by atoms with Crippen LogP contribution in [0.5, 0.6) is 0 Å². The summed E-state index contributed by atoms with van der Waals surface area (Å²) in [5.41, 5.74) is 0.859. The molecule has 3 rings (SSSR count). The minimum atomic E-state index is 0.00445. The summed E-state index contributed by atoms with van der Waals surface area (Å²) >= 11 is 3.52. The van der Waals surface area contributed by atoms with Crippen molar-refractivity contribution >= 4 is 34.8 Å². The first-order chi connectivity index (χ1) is 11.7. The van der Waals surface area contributed by atoms with Crippen molar-refractivity contribution in [2.75, 3.05) is 44.3 Å². The molecule has 6 heteroatoms. The molecule has 2 amide bonds. The van der Waals surface area contributed by atoms with Gasteiger partial charge in [-0.2, -0.15) is 0 Å². The maximum Gasteiger partial charge on any atom is 0.321 e. The van der Waals surface area contributed by atoms with Crippen LogP contribution in [0.25, 0.3) is 0 Å². The molecule has 1 N–H and O–H groups in total. The number of rotatable bonds is 5. The van der Waals surface area contributed by atoms with Gasteiger partial charge in [0.2, 0.25) is 0 Å². The van der Waals surface area contributed by atoms with E-state index < -0.39 is 0 Å². The molecule has 1 aliphatic rings. The number of hydrogen-bond donors (Lipinski definition) is 1. The fourth-order valence-electron chi connectivity index (χ4n) is 2.77. The van der Waals surface area contributed by atoms with Crippen LogP contribution >= 0.6 is 23.1 Å². The SMILES string of the molecule is CSc1ccc(NC(=O)N2CCN(CCc3cccs3)CC2)cc1. The molecular formula is C18H23N3OS2. The topological polar surface area (TPSA) is 35.6 Å². The van der Waals surface area contributed by atoms with E-state index in [0.29, 0.717) is 0 Å². The minimum absolute atomic E-state index is 0.00445. The molecule has 1 saturated heterocycles. The van der Waals surface area contributed by atoms with Crippen LogP contribution in [-0.2, 0) is 6.42 Å². The second kappa shape index (κ2) is 8.55. The highest BCUT2D eigenvalue weighted by molar-refractivity contribution is 7.98. The van der Waals surface area contributed by atoms with E-state index >= 15 is 0 Å². The number of piperazine rings is 1. The summed E-state index contributed by atoms with van der Waals surface area (Å²) < 4.78 is 0. The molecule has 1 aromatic heterocycles. The highest BCUT2D eigenvalue weighted by Gasteiger charge is 2.20. The molecule has 0 aliphatic carbocycles. The Labute approximate surface area is 151 Å². The average Bonchev–Trinajstić information content (AvgIpc) is 3.14. The number of urea groups is 1. The van der Waals surface area contributed by atoms with Gasteiger partial charge in [-0.3, -0.25) is 4.90 Å². The second-order valence-corrected chi connectivity index (χ2v) is 7.73. The molecule has 2 aromatic rings. The normalized spacial score (nSPS) is 15.5. The minimum Gasteiger partial charge on any atom is -0.322 e. The monoisotopic (exact) mass is 361 g/mol. The van der Waals surface area contributed by atoms with Gasteiger partial charge in [-0.25, -0.2) is 4.79 Å². The van der Waals surface area contributed by atoms with Gasteiger partial charge in [-0.05, 0) is 48.4 Å². The molecule has 2 heterocycles. The van der Waals surface area contributed by atoms with Crippen LogP contribution in [0.1, 0.15) is 4.88 Å². The van der Waals surface area contributed by atoms with Crippen molar-refractivity contribution < 1.29 is 4.79 Å². The molecule has 1 fully saturated rings. The number of nitrogens with one attached hydrogen (secondary N) is 1. The lowest BCUT2D eigenvalue weighted by molar-refractivity contribution is 0.148. The predicted molar refractivity (Wildman–Crippen MR) is 103 cm³/mol. The second-order valence-electron chi connectivity index (χ2n) is 5.82. The summed E-state index contributed by atoms with van der Waals surface area (Å²) in [5.74, 6) is 0. The van der Waals surface area contributed by atoms with Gasteiger partial charge < -0.3 is 10.2 Å². The molecule has 0 unspecified atom stereocenters. The van der Waals surface area contributed by atoms with Crippen LogP contribution in [0.15, 0.2) is 46.7 Å². The highest BCUT2D eigenvalue weighted by atomic mass is 32.2. The summed E-state index contributed by atoms with van der Waals surface area (Å²) in [6.07, 6.45) is 3.15. The lowest BCUT2D eigenvalue weighted by atomic mass is 10.2. The van der Waals surface area contributed by atoms with E-state index in [2.05, 4.69) is 27.7 Å². The van der Waals surface area contributed by atoms with Gasteiger partial charge in [-0.1, -0.05) is 6.07 Å². The number of amides is 2. The highest BCUT2D eigenvalue weighted by Crippen LogP contribution is 2.18. The Hall–Kier alpha value is -1.50. The van der Waals surface area contributed by atoms with Crippen LogP contribution in [-0.4, -0.2) is 54.8 Å². The van der Waals surface area contributed by atoms with Crippen molar-refractivity contribution in [3.05, 3.63) is 46.7 Å². The number of thioether (sulfide) groups is 1. The van der Waals surface area contributed by atoms with Crippen molar-refractivity contribution in [3.8, 4) is 0 Å². The van der Waals surface area contributed by atoms with E-state index in [0.717, 1.165) is 44.8 Å². The van der Waals surface area contributed by atoms with E-state index in [1.807, 2.05) is 46.8 Å². The Balaban J connectivity index is 1.42. The summed E-state index contributed by atoms with van der Waals surface area (Å²) in [7, 11) is 0. The smallest absolute Gasteiger partial charge is 0.321 e. The molecule has 1 aromatic carbocycles. The summed E-state index contributed by atoms with van der Waals surface area (Å²) in [4.78, 5) is 19.3. The average molecular weight is 362 g/mol. The molecule has 1 aliphatic heterocycles. The molecule has 128 valence electrons. The summed E-state index contributed by atoms with van der Waals surface area (Å²) in [5, 5.41) is 5.12. The third-order valence-corrected chi connectivity index (χ3v) is 5.94. The molecular weight excluding hydrogens is 338 g/mol. The number of anilines is 1. The van der Waals surface area contributed by atoms with Gasteiger partial charge in [0, 0.05) is 48.2 Å². The van der Waals surface area contributed by atoms with Gasteiger partial charge in [-0.15, -0.1) is 23.1 Å². The Morgan fingerprint density at radius 1 is 1.17 bits per heavy atom. The van der Waals surface area contributed by atoms with Crippen LogP contribution in [0.3, 0.4) is 0 Å². The van der Waals surface area contributed by atoms with E-state index in [1.165, 1.54) is 9.77 Å². The van der Waals surface area contributed by atoms with Gasteiger partial charge in [0.1, 0.15) is 0 Å². The largest absolute Gasteiger partial charge is 0.322 e. The third-order valence-electron chi connectivity index (χ3n) is 4.26. The molecule has 0 atom stereocenters. The lowest BCUT2D eigenvalue weighted by Crippen LogP contribution is -2.50. The van der Waals surface area contributed by atoms with Crippen molar-refractivity contribution in [1.29, 1.82) is 0 Å². The molecule has 0 saturated carbocycles. The lowest BCUT2D eigenvalue weighted by Gasteiger charge is -2.34. The van der Waals surface area contributed by atoms with Crippen LogP contribution in [0.4, 0.5) is 10.5 Å². The first-order valence-corrected chi connectivity index (χ1v) is 10.3. The number of thiophene rings is 1. The third kappa shape index (κ3) is 4.75. The van der Waals surface area contributed by atoms with Gasteiger partial charge in [0.25, 0.3) is 0 Å². The molecule has 0 radical (unpaired) electrons. The van der Waals surface area contributed by atoms with Crippen molar-refractivity contribution in [1.82, 2.24) is 9.80 Å². The van der Waals surface area contributed by atoms with E-state index in [-0.39, 0.29) is 6.03 Å². The Morgan fingerprint density at radius 2 is 1.92 bits per heavy atom. The number of hydrogen-bond acceptors (Lipinski definition) is 4. The first kappa shape index (κ1) is 17.3. The number of carbonyl (C=O) groups excluding carboxylic acids is 1. The van der Waals surface area contributed by atoms with Crippen molar-refractivity contribution in [2.24, 2.45) is 0 Å². The van der Waals surface area contributed by atoms with Gasteiger partial charge >= 0.3 is 6.03 Å². The zero-order valence-electron chi connectivity index (χ0n) is 13.9. The zero-order valence-corrected chi connectivity index (χ0v) is 15.5. The molecule has 0 bridgehead atoms. The van der Waals surface area contributed by atoms with Crippen molar-refractivity contribution in [2.45, 2.75) is 11.3 Å². The Morgan fingerprint density at radius 3 is 2.54 bits per heavy atom. The van der Waals surface area contributed by atoms with E-state index in [4.69, 9.17) is 0 Å². The zero-order chi connectivity index (χ0) is 16.8. The molecule has 0 spiro atoms. The number of carbonyl (C=O) groups is 1. The maximum atomic E-state index is 12.4. The quantitative estimate of drug-likeness (QED) is 0.822. The number of nitrogens with zero attached hydrogens (tertiary/aromatic N) is 2. The Kier molecular flexibility index (Phi) is 6.18. The molecule has 24 heavy (non-hydrogen) atoms.